The topological polar surface area (TPSA) is 16.4 Å². The quantitative estimate of drug-likeness (QED) is 0.188. The molecule has 0 saturated carbocycles. The fourth-order valence-corrected chi connectivity index (χ4v) is 8.02. The van der Waals surface area contributed by atoms with Crippen molar-refractivity contribution in [2.75, 3.05) is 4.90 Å². The van der Waals surface area contributed by atoms with Gasteiger partial charge in [-0.3, -0.25) is 0 Å². The van der Waals surface area contributed by atoms with Crippen LogP contribution in [0.15, 0.2) is 156 Å². The van der Waals surface area contributed by atoms with Crippen LogP contribution in [0.1, 0.15) is 31.9 Å². The van der Waals surface area contributed by atoms with Crippen molar-refractivity contribution in [3.8, 4) is 33.4 Å². The molecule has 0 atom stereocenters. The number of aryl methyl sites for hydroxylation is 1. The van der Waals surface area contributed by atoms with Gasteiger partial charge in [-0.25, -0.2) is 0 Å². The van der Waals surface area contributed by atoms with E-state index in [2.05, 4.69) is 178 Å². The van der Waals surface area contributed by atoms with Gasteiger partial charge in [-0.05, 0) is 139 Å². The summed E-state index contributed by atoms with van der Waals surface area (Å²) in [4.78, 5) is 2.36. The Morgan fingerprint density at radius 2 is 1.06 bits per heavy atom. The van der Waals surface area contributed by atoms with E-state index in [0.717, 1.165) is 39.0 Å². The first-order valence-corrected chi connectivity index (χ1v) is 17.8. The highest BCUT2D eigenvalue weighted by Gasteiger charge is 2.25. The highest BCUT2D eigenvalue weighted by atomic mass is 16.3. The van der Waals surface area contributed by atoms with Crippen molar-refractivity contribution in [2.45, 2.75) is 33.1 Å². The third-order valence-corrected chi connectivity index (χ3v) is 10.8. The van der Waals surface area contributed by atoms with Crippen LogP contribution in [-0.2, 0) is 5.41 Å². The number of benzene rings is 8. The maximum absolute atomic E-state index is 6.57. The van der Waals surface area contributed by atoms with Gasteiger partial charge >= 0.3 is 0 Å². The lowest BCUT2D eigenvalue weighted by Crippen LogP contribution is -2.11. The lowest BCUT2D eigenvalue weighted by Gasteiger charge is -2.28. The molecular formula is C49H37NO. The van der Waals surface area contributed by atoms with Crippen LogP contribution >= 0.6 is 0 Å². The second-order valence-corrected chi connectivity index (χ2v) is 15.1. The molecule has 0 N–H and O–H groups in total. The zero-order chi connectivity index (χ0) is 34.4. The average Bonchev–Trinajstić information content (AvgIpc) is 3.53. The summed E-state index contributed by atoms with van der Waals surface area (Å²) < 4.78 is 6.57. The van der Waals surface area contributed by atoms with Gasteiger partial charge in [0.25, 0.3) is 0 Å². The molecule has 10 rings (SSSR count). The minimum Gasteiger partial charge on any atom is -0.454 e. The predicted molar refractivity (Wildman–Crippen MR) is 217 cm³/mol. The molecule has 1 aromatic heterocycles. The SMILES string of the molecule is Cc1ccccc1N(c1ccc2cc3c(cc2c1)-c1cc2cc(-c4ccc(C(C)(C)C)cc4)ccc2cc1-3)c1cccc2c1oc1ccccc12. The Morgan fingerprint density at radius 1 is 0.471 bits per heavy atom. The van der Waals surface area contributed by atoms with Crippen LogP contribution in [0.5, 0.6) is 0 Å². The van der Waals surface area contributed by atoms with Gasteiger partial charge in [0, 0.05) is 22.1 Å². The molecule has 0 spiro atoms. The van der Waals surface area contributed by atoms with E-state index >= 15 is 0 Å². The third kappa shape index (κ3) is 4.71. The zero-order valence-corrected chi connectivity index (χ0v) is 29.3. The van der Waals surface area contributed by atoms with E-state index in [-0.39, 0.29) is 5.41 Å². The Bertz CT molecular complexity index is 2850. The van der Waals surface area contributed by atoms with Gasteiger partial charge in [0.1, 0.15) is 5.58 Å². The Balaban J connectivity index is 1.08. The molecule has 1 heterocycles. The molecule has 2 nitrogen and oxygen atoms in total. The molecule has 0 unspecified atom stereocenters. The van der Waals surface area contributed by atoms with Crippen LogP contribution in [0.4, 0.5) is 17.1 Å². The van der Waals surface area contributed by atoms with Crippen molar-refractivity contribution >= 4 is 60.5 Å². The molecule has 0 radical (unpaired) electrons. The number of para-hydroxylation sites is 3. The number of rotatable bonds is 4. The number of anilines is 3. The standard InChI is InChI=1S/C49H37NO/c1-30-10-5-7-13-45(30)50(46-14-9-12-40-39-11-6-8-15-47(39)51-48(40)46)38-23-20-34-27-42-41-26-33-17-16-32(31-18-21-37(22-19-31)49(2,3)4)24-35(33)28-43(41)44(42)29-36(34)25-38/h5-29H,1-4H3. The highest BCUT2D eigenvalue weighted by Crippen LogP contribution is 2.51. The molecule has 1 aliphatic carbocycles. The minimum absolute atomic E-state index is 0.143. The summed E-state index contributed by atoms with van der Waals surface area (Å²) in [5, 5.41) is 7.27. The fourth-order valence-electron chi connectivity index (χ4n) is 8.02. The van der Waals surface area contributed by atoms with E-state index in [1.165, 1.54) is 66.1 Å². The molecule has 1 aliphatic rings. The van der Waals surface area contributed by atoms with Crippen molar-refractivity contribution in [2.24, 2.45) is 0 Å². The third-order valence-electron chi connectivity index (χ3n) is 10.8. The molecule has 2 heteroatoms. The summed E-state index contributed by atoms with van der Waals surface area (Å²) in [7, 11) is 0. The first-order valence-electron chi connectivity index (χ1n) is 17.8. The van der Waals surface area contributed by atoms with E-state index in [0.29, 0.717) is 0 Å². The molecule has 51 heavy (non-hydrogen) atoms. The van der Waals surface area contributed by atoms with Crippen LogP contribution in [0.2, 0.25) is 0 Å². The first kappa shape index (κ1) is 29.8. The number of furan rings is 1. The normalized spacial score (nSPS) is 12.3. The zero-order valence-electron chi connectivity index (χ0n) is 29.3. The van der Waals surface area contributed by atoms with Crippen LogP contribution in [0, 0.1) is 6.92 Å². The Morgan fingerprint density at radius 3 is 1.78 bits per heavy atom. The molecular weight excluding hydrogens is 619 g/mol. The van der Waals surface area contributed by atoms with Crippen LogP contribution in [0.25, 0.3) is 76.9 Å². The Hall–Kier alpha value is -6.12. The maximum Gasteiger partial charge on any atom is 0.159 e. The summed E-state index contributed by atoms with van der Waals surface area (Å²) in [6.45, 7) is 8.97. The van der Waals surface area contributed by atoms with Crippen molar-refractivity contribution < 1.29 is 4.42 Å². The molecule has 0 aliphatic heterocycles. The molecule has 0 fully saturated rings. The molecule has 0 bridgehead atoms. The lowest BCUT2D eigenvalue weighted by atomic mass is 9.77. The number of hydrogen-bond donors (Lipinski definition) is 0. The molecule has 0 saturated heterocycles. The van der Waals surface area contributed by atoms with Gasteiger partial charge in [-0.1, -0.05) is 112 Å². The monoisotopic (exact) mass is 655 g/mol. The lowest BCUT2D eigenvalue weighted by molar-refractivity contribution is 0.590. The minimum atomic E-state index is 0.143. The van der Waals surface area contributed by atoms with E-state index in [9.17, 15) is 0 Å². The second kappa shape index (κ2) is 10.9. The van der Waals surface area contributed by atoms with Crippen molar-refractivity contribution in [3.05, 3.63) is 163 Å². The van der Waals surface area contributed by atoms with Gasteiger partial charge in [0.2, 0.25) is 0 Å². The van der Waals surface area contributed by atoms with E-state index in [1.807, 2.05) is 6.07 Å². The molecule has 244 valence electrons. The van der Waals surface area contributed by atoms with Crippen LogP contribution in [-0.4, -0.2) is 0 Å². The molecule has 8 aromatic carbocycles. The number of fused-ring (bicyclic) bond motifs is 9. The van der Waals surface area contributed by atoms with Crippen molar-refractivity contribution in [1.29, 1.82) is 0 Å². The van der Waals surface area contributed by atoms with E-state index in [1.54, 1.807) is 0 Å². The van der Waals surface area contributed by atoms with Gasteiger partial charge < -0.3 is 9.32 Å². The van der Waals surface area contributed by atoms with Gasteiger partial charge in [-0.2, -0.15) is 0 Å². The summed E-state index contributed by atoms with van der Waals surface area (Å²) >= 11 is 0. The second-order valence-electron chi connectivity index (χ2n) is 15.1. The van der Waals surface area contributed by atoms with Gasteiger partial charge in [0.05, 0.1) is 5.69 Å². The summed E-state index contributed by atoms with van der Waals surface area (Å²) in [6, 6.07) is 55.7. The number of hydrogen-bond acceptors (Lipinski definition) is 2. The summed E-state index contributed by atoms with van der Waals surface area (Å²) in [6.07, 6.45) is 0. The van der Waals surface area contributed by atoms with Crippen LogP contribution < -0.4 is 4.90 Å². The smallest absolute Gasteiger partial charge is 0.159 e. The Labute approximate surface area is 298 Å². The summed E-state index contributed by atoms with van der Waals surface area (Å²) in [5.41, 5.74) is 15.6. The van der Waals surface area contributed by atoms with Crippen LogP contribution in [0.3, 0.4) is 0 Å². The van der Waals surface area contributed by atoms with Crippen molar-refractivity contribution in [3.63, 3.8) is 0 Å². The van der Waals surface area contributed by atoms with E-state index in [4.69, 9.17) is 4.42 Å². The highest BCUT2D eigenvalue weighted by molar-refractivity contribution is 6.13. The Kier molecular flexibility index (Phi) is 6.38. The van der Waals surface area contributed by atoms with Gasteiger partial charge in [0.15, 0.2) is 5.58 Å². The predicted octanol–water partition coefficient (Wildman–Crippen LogP) is 14.3. The van der Waals surface area contributed by atoms with Gasteiger partial charge in [-0.15, -0.1) is 0 Å². The maximum atomic E-state index is 6.57. The summed E-state index contributed by atoms with van der Waals surface area (Å²) in [5.74, 6) is 0. The molecule has 9 aromatic rings. The molecule has 0 amide bonds. The largest absolute Gasteiger partial charge is 0.454 e. The van der Waals surface area contributed by atoms with E-state index < -0.39 is 0 Å². The first-order chi connectivity index (χ1) is 24.8. The van der Waals surface area contributed by atoms with Crippen molar-refractivity contribution in [1.82, 2.24) is 0 Å². The fraction of sp³-hybridized carbons (Fsp3) is 0.102. The average molecular weight is 656 g/mol. The number of nitrogens with zero attached hydrogens (tertiary/aromatic N) is 1.